The lowest BCUT2D eigenvalue weighted by Gasteiger charge is -1.96. The van der Waals surface area contributed by atoms with Gasteiger partial charge in [0.1, 0.15) is 0 Å². The van der Waals surface area contributed by atoms with Crippen molar-refractivity contribution in [2.45, 2.75) is 19.8 Å². The second-order valence-corrected chi connectivity index (χ2v) is 3.81. The lowest BCUT2D eigenvalue weighted by Crippen LogP contribution is -1.88. The molecule has 0 amide bonds. The summed E-state index contributed by atoms with van der Waals surface area (Å²) in [5, 5.41) is 8.71. The number of hydrogen-bond acceptors (Lipinski definition) is 3. The van der Waals surface area contributed by atoms with Gasteiger partial charge in [-0.25, -0.2) is 4.98 Å². The smallest absolute Gasteiger partial charge is 0.194 e. The molecule has 0 saturated carbocycles. The lowest BCUT2D eigenvalue weighted by atomic mass is 10.1. The van der Waals surface area contributed by atoms with E-state index in [1.54, 1.807) is 6.20 Å². The molecule has 0 unspecified atom stereocenters. The third kappa shape index (κ3) is 2.49. The molecule has 1 aromatic carbocycles. The normalized spacial score (nSPS) is 10.6. The van der Waals surface area contributed by atoms with Crippen molar-refractivity contribution in [3.63, 3.8) is 0 Å². The van der Waals surface area contributed by atoms with Crippen molar-refractivity contribution in [3.05, 3.63) is 41.9 Å². The summed E-state index contributed by atoms with van der Waals surface area (Å²) in [7, 11) is 0. The van der Waals surface area contributed by atoms with Crippen LogP contribution in [0.25, 0.3) is 11.3 Å². The number of aliphatic hydroxyl groups excluding tert-OH is 1. The van der Waals surface area contributed by atoms with E-state index in [1.807, 2.05) is 24.3 Å². The van der Waals surface area contributed by atoms with Gasteiger partial charge < -0.3 is 9.52 Å². The largest absolute Gasteiger partial charge is 0.441 e. The van der Waals surface area contributed by atoms with Crippen LogP contribution in [-0.4, -0.2) is 16.7 Å². The Bertz CT molecular complexity index is 445. The molecule has 1 N–H and O–H groups in total. The molecule has 84 valence electrons. The van der Waals surface area contributed by atoms with E-state index in [4.69, 9.17) is 9.52 Å². The molecule has 0 fully saturated rings. The van der Waals surface area contributed by atoms with Gasteiger partial charge in [0.2, 0.25) is 0 Å². The van der Waals surface area contributed by atoms with E-state index >= 15 is 0 Å². The van der Waals surface area contributed by atoms with E-state index in [0.29, 0.717) is 18.7 Å². The molecule has 0 spiro atoms. The predicted molar refractivity (Wildman–Crippen MR) is 62.1 cm³/mol. The molecule has 0 bridgehead atoms. The van der Waals surface area contributed by atoms with Gasteiger partial charge in [0.15, 0.2) is 11.7 Å². The van der Waals surface area contributed by atoms with Crippen molar-refractivity contribution < 1.29 is 9.52 Å². The standard InChI is InChI=1S/C13H15NO2/c1-10-4-6-11(7-5-10)12-9-14-13(16-12)3-2-8-15/h4-7,9,15H,2-3,8H2,1H3. The molecule has 0 radical (unpaired) electrons. The van der Waals surface area contributed by atoms with Crippen LogP contribution in [0.15, 0.2) is 34.9 Å². The summed E-state index contributed by atoms with van der Waals surface area (Å²) >= 11 is 0. The molecule has 3 nitrogen and oxygen atoms in total. The lowest BCUT2D eigenvalue weighted by molar-refractivity contribution is 0.283. The summed E-state index contributed by atoms with van der Waals surface area (Å²) in [6, 6.07) is 8.13. The minimum absolute atomic E-state index is 0.169. The number of benzene rings is 1. The second kappa shape index (κ2) is 4.94. The minimum Gasteiger partial charge on any atom is -0.441 e. The number of oxazole rings is 1. The zero-order valence-electron chi connectivity index (χ0n) is 9.31. The summed E-state index contributed by atoms with van der Waals surface area (Å²) in [6.07, 6.45) is 3.10. The minimum atomic E-state index is 0.169. The summed E-state index contributed by atoms with van der Waals surface area (Å²) in [5.41, 5.74) is 2.26. The SMILES string of the molecule is Cc1ccc(-c2cnc(CCCO)o2)cc1. The van der Waals surface area contributed by atoms with E-state index in [9.17, 15) is 0 Å². The van der Waals surface area contributed by atoms with E-state index in [0.717, 1.165) is 11.3 Å². The highest BCUT2D eigenvalue weighted by Crippen LogP contribution is 2.21. The quantitative estimate of drug-likeness (QED) is 0.856. The van der Waals surface area contributed by atoms with Crippen molar-refractivity contribution in [1.82, 2.24) is 4.98 Å². The zero-order chi connectivity index (χ0) is 11.4. The fourth-order valence-electron chi connectivity index (χ4n) is 1.51. The van der Waals surface area contributed by atoms with E-state index in [-0.39, 0.29) is 6.61 Å². The Morgan fingerprint density at radius 1 is 1.25 bits per heavy atom. The first-order valence-electron chi connectivity index (χ1n) is 5.42. The highest BCUT2D eigenvalue weighted by Gasteiger charge is 2.05. The van der Waals surface area contributed by atoms with Crippen LogP contribution in [0, 0.1) is 6.92 Å². The molecule has 0 saturated heterocycles. The summed E-state index contributed by atoms with van der Waals surface area (Å²) in [5.74, 6) is 1.47. The third-order valence-electron chi connectivity index (χ3n) is 2.44. The van der Waals surface area contributed by atoms with Gasteiger partial charge >= 0.3 is 0 Å². The maximum atomic E-state index is 8.71. The molecule has 16 heavy (non-hydrogen) atoms. The van der Waals surface area contributed by atoms with Gasteiger partial charge in [0.05, 0.1) is 6.20 Å². The highest BCUT2D eigenvalue weighted by atomic mass is 16.4. The van der Waals surface area contributed by atoms with Crippen LogP contribution >= 0.6 is 0 Å². The summed E-state index contributed by atoms with van der Waals surface area (Å²) in [4.78, 5) is 4.17. The third-order valence-corrected chi connectivity index (χ3v) is 2.44. The maximum Gasteiger partial charge on any atom is 0.194 e. The van der Waals surface area contributed by atoms with Crippen molar-refractivity contribution in [3.8, 4) is 11.3 Å². The van der Waals surface area contributed by atoms with E-state index in [1.165, 1.54) is 5.56 Å². The molecular formula is C13H15NO2. The van der Waals surface area contributed by atoms with Crippen LogP contribution in [0.2, 0.25) is 0 Å². The molecule has 0 aliphatic carbocycles. The van der Waals surface area contributed by atoms with Crippen LogP contribution in [0.1, 0.15) is 17.9 Å². The Morgan fingerprint density at radius 2 is 2.00 bits per heavy atom. The summed E-state index contributed by atoms with van der Waals surface area (Å²) in [6.45, 7) is 2.22. The number of nitrogens with zero attached hydrogens (tertiary/aromatic N) is 1. The van der Waals surface area contributed by atoms with Gasteiger partial charge in [-0.3, -0.25) is 0 Å². The molecule has 2 aromatic rings. The van der Waals surface area contributed by atoms with Crippen LogP contribution < -0.4 is 0 Å². The fraction of sp³-hybridized carbons (Fsp3) is 0.308. The Hall–Kier alpha value is -1.61. The molecule has 1 aromatic heterocycles. The molecule has 0 aliphatic rings. The first-order valence-corrected chi connectivity index (χ1v) is 5.42. The Labute approximate surface area is 94.8 Å². The van der Waals surface area contributed by atoms with Crippen LogP contribution in [0.4, 0.5) is 0 Å². The molecule has 0 atom stereocenters. The van der Waals surface area contributed by atoms with Gasteiger partial charge in [-0.15, -0.1) is 0 Å². The molecule has 3 heteroatoms. The predicted octanol–water partition coefficient (Wildman–Crippen LogP) is 2.57. The van der Waals surface area contributed by atoms with E-state index < -0.39 is 0 Å². The van der Waals surface area contributed by atoms with Crippen molar-refractivity contribution in [1.29, 1.82) is 0 Å². The van der Waals surface area contributed by atoms with Crippen LogP contribution in [-0.2, 0) is 6.42 Å². The number of rotatable bonds is 4. The second-order valence-electron chi connectivity index (χ2n) is 3.81. The molecule has 2 rings (SSSR count). The first-order chi connectivity index (χ1) is 7.79. The van der Waals surface area contributed by atoms with Gasteiger partial charge in [0, 0.05) is 18.6 Å². The first kappa shape index (κ1) is 10.9. The van der Waals surface area contributed by atoms with Gasteiger partial charge in [0.25, 0.3) is 0 Å². The molecular weight excluding hydrogens is 202 g/mol. The van der Waals surface area contributed by atoms with Crippen LogP contribution in [0.3, 0.4) is 0 Å². The average molecular weight is 217 g/mol. The van der Waals surface area contributed by atoms with Crippen molar-refractivity contribution in [2.24, 2.45) is 0 Å². The Balaban J connectivity index is 2.15. The zero-order valence-corrected chi connectivity index (χ0v) is 9.31. The van der Waals surface area contributed by atoms with Crippen molar-refractivity contribution in [2.75, 3.05) is 6.61 Å². The maximum absolute atomic E-state index is 8.71. The number of aromatic nitrogens is 1. The number of aliphatic hydroxyl groups is 1. The van der Waals surface area contributed by atoms with E-state index in [2.05, 4.69) is 11.9 Å². The number of aryl methyl sites for hydroxylation is 2. The summed E-state index contributed by atoms with van der Waals surface area (Å²) < 4.78 is 5.59. The van der Waals surface area contributed by atoms with Gasteiger partial charge in [-0.1, -0.05) is 29.8 Å². The Kier molecular flexibility index (Phi) is 3.37. The molecule has 1 heterocycles. The highest BCUT2D eigenvalue weighted by molar-refractivity contribution is 5.56. The number of hydrogen-bond donors (Lipinski definition) is 1. The Morgan fingerprint density at radius 3 is 2.69 bits per heavy atom. The average Bonchev–Trinajstić information content (AvgIpc) is 2.76. The van der Waals surface area contributed by atoms with Gasteiger partial charge in [-0.05, 0) is 13.3 Å². The fourth-order valence-corrected chi connectivity index (χ4v) is 1.51. The van der Waals surface area contributed by atoms with Gasteiger partial charge in [-0.2, -0.15) is 0 Å². The molecule has 0 aliphatic heterocycles. The monoisotopic (exact) mass is 217 g/mol. The van der Waals surface area contributed by atoms with Crippen molar-refractivity contribution >= 4 is 0 Å². The topological polar surface area (TPSA) is 46.3 Å². The van der Waals surface area contributed by atoms with Crippen LogP contribution in [0.5, 0.6) is 0 Å².